The van der Waals surface area contributed by atoms with E-state index in [0.29, 0.717) is 18.3 Å². The topological polar surface area (TPSA) is 75.9 Å². The number of nitrogens with zero attached hydrogens (tertiary/aromatic N) is 5. The van der Waals surface area contributed by atoms with Gasteiger partial charge in [-0.05, 0) is 47.5 Å². The number of hydrogen-bond donors (Lipinski definition) is 1. The Morgan fingerprint density at radius 1 is 1.23 bits per heavy atom. The van der Waals surface area contributed by atoms with Gasteiger partial charge < -0.3 is 5.32 Å². The first-order chi connectivity index (χ1) is 12.7. The molecule has 3 rings (SSSR count). The summed E-state index contributed by atoms with van der Waals surface area (Å²) < 4.78 is 1.83. The van der Waals surface area contributed by atoms with Crippen molar-refractivity contribution in [2.45, 2.75) is 51.0 Å². The van der Waals surface area contributed by atoms with Gasteiger partial charge in [-0.2, -0.15) is 0 Å². The van der Waals surface area contributed by atoms with Gasteiger partial charge in [0.1, 0.15) is 0 Å². The van der Waals surface area contributed by atoms with E-state index < -0.39 is 0 Å². The van der Waals surface area contributed by atoms with Crippen LogP contribution in [0.4, 0.5) is 0 Å². The molecule has 1 N–H and O–H groups in total. The molecule has 0 unspecified atom stereocenters. The molecule has 0 aliphatic heterocycles. The molecule has 2 aromatic rings. The standard InChI is InChI=1S/C18H26N6OS/c1-3-23(4-2)12-15-7-5-14(6-8-15)11-19-17(25)13-26-18-20-21-22-24(18)16-9-10-16/h5-8,16H,3-4,9-13H2,1-2H3,(H,19,25). The van der Waals surface area contributed by atoms with Gasteiger partial charge in [-0.15, -0.1) is 5.10 Å². The van der Waals surface area contributed by atoms with E-state index in [-0.39, 0.29) is 5.91 Å². The Balaban J connectivity index is 1.41. The summed E-state index contributed by atoms with van der Waals surface area (Å²) in [4.78, 5) is 14.5. The molecule has 0 atom stereocenters. The van der Waals surface area contributed by atoms with Crippen molar-refractivity contribution in [1.82, 2.24) is 30.4 Å². The quantitative estimate of drug-likeness (QED) is 0.643. The van der Waals surface area contributed by atoms with E-state index in [1.54, 1.807) is 0 Å². The number of tetrazole rings is 1. The Bertz CT molecular complexity index is 709. The molecule has 1 aliphatic carbocycles. The molecule has 0 bridgehead atoms. The molecule has 1 aromatic carbocycles. The van der Waals surface area contributed by atoms with Crippen LogP contribution in [0, 0.1) is 0 Å². The Labute approximate surface area is 158 Å². The summed E-state index contributed by atoms with van der Waals surface area (Å²) in [6.07, 6.45) is 2.24. The summed E-state index contributed by atoms with van der Waals surface area (Å²) in [7, 11) is 0. The van der Waals surface area contributed by atoms with Gasteiger partial charge in [0.2, 0.25) is 11.1 Å². The SMILES string of the molecule is CCN(CC)Cc1ccc(CNC(=O)CSc2nnnn2C2CC2)cc1. The van der Waals surface area contributed by atoms with Crippen LogP contribution in [0.15, 0.2) is 29.4 Å². The molecule has 0 spiro atoms. The normalized spacial score (nSPS) is 14.0. The highest BCUT2D eigenvalue weighted by Gasteiger charge is 2.28. The molecule has 1 heterocycles. The number of carbonyl (C=O) groups is 1. The fourth-order valence-electron chi connectivity index (χ4n) is 2.68. The largest absolute Gasteiger partial charge is 0.351 e. The molecule has 8 heteroatoms. The number of carbonyl (C=O) groups excluding carboxylic acids is 1. The van der Waals surface area contributed by atoms with Crippen LogP contribution in [0.25, 0.3) is 0 Å². The van der Waals surface area contributed by atoms with Gasteiger partial charge in [0.15, 0.2) is 0 Å². The predicted molar refractivity (Wildman–Crippen MR) is 102 cm³/mol. The van der Waals surface area contributed by atoms with Crippen molar-refractivity contribution in [3.8, 4) is 0 Å². The first-order valence-corrected chi connectivity index (χ1v) is 10.2. The maximum atomic E-state index is 12.1. The van der Waals surface area contributed by atoms with E-state index in [1.165, 1.54) is 17.3 Å². The molecule has 1 amide bonds. The molecule has 0 radical (unpaired) electrons. The smallest absolute Gasteiger partial charge is 0.230 e. The van der Waals surface area contributed by atoms with Crippen LogP contribution in [0.1, 0.15) is 43.9 Å². The summed E-state index contributed by atoms with van der Waals surface area (Å²) in [5.41, 5.74) is 2.40. The fourth-order valence-corrected chi connectivity index (χ4v) is 3.45. The minimum atomic E-state index is -0.00688. The second-order valence-corrected chi connectivity index (χ2v) is 7.42. The zero-order valence-corrected chi connectivity index (χ0v) is 16.2. The molecule has 140 valence electrons. The highest BCUT2D eigenvalue weighted by atomic mass is 32.2. The average Bonchev–Trinajstić information content (AvgIpc) is 3.41. The number of benzene rings is 1. The Morgan fingerprint density at radius 2 is 1.92 bits per heavy atom. The number of hydrogen-bond acceptors (Lipinski definition) is 6. The second-order valence-electron chi connectivity index (χ2n) is 6.48. The zero-order valence-electron chi connectivity index (χ0n) is 15.4. The maximum Gasteiger partial charge on any atom is 0.230 e. The number of thioether (sulfide) groups is 1. The molecule has 1 aliphatic rings. The van der Waals surface area contributed by atoms with Crippen LogP contribution >= 0.6 is 11.8 Å². The van der Waals surface area contributed by atoms with Gasteiger partial charge in [0, 0.05) is 13.1 Å². The van der Waals surface area contributed by atoms with E-state index in [2.05, 4.69) is 63.9 Å². The van der Waals surface area contributed by atoms with E-state index >= 15 is 0 Å². The molecule has 1 fully saturated rings. The molecule has 1 saturated carbocycles. The first kappa shape index (κ1) is 18.8. The van der Waals surface area contributed by atoms with E-state index in [1.807, 2.05) is 4.68 Å². The predicted octanol–water partition coefficient (Wildman–Crippen LogP) is 2.26. The number of amides is 1. The van der Waals surface area contributed by atoms with Gasteiger partial charge in [0.25, 0.3) is 0 Å². The van der Waals surface area contributed by atoms with Gasteiger partial charge in [-0.1, -0.05) is 49.9 Å². The van der Waals surface area contributed by atoms with Gasteiger partial charge in [0.05, 0.1) is 11.8 Å². The van der Waals surface area contributed by atoms with Gasteiger partial charge in [-0.3, -0.25) is 9.69 Å². The summed E-state index contributed by atoms with van der Waals surface area (Å²) in [6, 6.07) is 8.86. The maximum absolute atomic E-state index is 12.1. The van der Waals surface area contributed by atoms with Crippen molar-refractivity contribution in [1.29, 1.82) is 0 Å². The number of aromatic nitrogens is 4. The zero-order chi connectivity index (χ0) is 18.4. The minimum Gasteiger partial charge on any atom is -0.351 e. The molecule has 0 saturated heterocycles. The van der Waals surface area contributed by atoms with E-state index in [4.69, 9.17) is 0 Å². The Morgan fingerprint density at radius 3 is 2.58 bits per heavy atom. The lowest BCUT2D eigenvalue weighted by molar-refractivity contribution is -0.118. The lowest BCUT2D eigenvalue weighted by Crippen LogP contribution is -2.25. The summed E-state index contributed by atoms with van der Waals surface area (Å²) in [5, 5.41) is 15.4. The summed E-state index contributed by atoms with van der Waals surface area (Å²) in [5.74, 6) is 0.320. The monoisotopic (exact) mass is 374 g/mol. The van der Waals surface area contributed by atoms with Crippen molar-refractivity contribution >= 4 is 17.7 Å². The molecule has 26 heavy (non-hydrogen) atoms. The fraction of sp³-hybridized carbons (Fsp3) is 0.556. The number of rotatable bonds is 10. The Hall–Kier alpha value is -1.93. The minimum absolute atomic E-state index is 0.00688. The Kier molecular flexibility index (Phi) is 6.62. The van der Waals surface area contributed by atoms with Crippen LogP contribution in [0.2, 0.25) is 0 Å². The third kappa shape index (κ3) is 5.28. The van der Waals surface area contributed by atoms with Crippen molar-refractivity contribution in [2.24, 2.45) is 0 Å². The second kappa shape index (κ2) is 9.14. The highest BCUT2D eigenvalue weighted by Crippen LogP contribution is 2.36. The van der Waals surface area contributed by atoms with Crippen molar-refractivity contribution < 1.29 is 4.79 Å². The number of nitrogens with one attached hydrogen (secondary N) is 1. The van der Waals surface area contributed by atoms with Crippen LogP contribution in [-0.4, -0.2) is 49.9 Å². The molecule has 7 nitrogen and oxygen atoms in total. The third-order valence-corrected chi connectivity index (χ3v) is 5.43. The van der Waals surface area contributed by atoms with Crippen molar-refractivity contribution in [2.75, 3.05) is 18.8 Å². The first-order valence-electron chi connectivity index (χ1n) is 9.17. The van der Waals surface area contributed by atoms with Crippen LogP contribution in [0.3, 0.4) is 0 Å². The van der Waals surface area contributed by atoms with Crippen LogP contribution in [-0.2, 0) is 17.9 Å². The molecule has 1 aromatic heterocycles. The summed E-state index contributed by atoms with van der Waals surface area (Å²) >= 11 is 1.39. The summed E-state index contributed by atoms with van der Waals surface area (Å²) in [6.45, 7) is 7.96. The van der Waals surface area contributed by atoms with E-state index in [9.17, 15) is 4.79 Å². The lowest BCUT2D eigenvalue weighted by Gasteiger charge is -2.18. The third-order valence-electron chi connectivity index (χ3n) is 4.50. The van der Waals surface area contributed by atoms with E-state index in [0.717, 1.165) is 43.2 Å². The van der Waals surface area contributed by atoms with Gasteiger partial charge in [-0.25, -0.2) is 4.68 Å². The van der Waals surface area contributed by atoms with Gasteiger partial charge >= 0.3 is 0 Å². The van der Waals surface area contributed by atoms with Crippen molar-refractivity contribution in [3.05, 3.63) is 35.4 Å². The van der Waals surface area contributed by atoms with Crippen molar-refractivity contribution in [3.63, 3.8) is 0 Å². The molecular weight excluding hydrogens is 348 g/mol. The average molecular weight is 375 g/mol. The highest BCUT2D eigenvalue weighted by molar-refractivity contribution is 7.99. The lowest BCUT2D eigenvalue weighted by atomic mass is 10.1. The van der Waals surface area contributed by atoms with Crippen LogP contribution < -0.4 is 5.32 Å². The van der Waals surface area contributed by atoms with Crippen LogP contribution in [0.5, 0.6) is 0 Å². The molecular formula is C18H26N6OS.